The molecule has 42 heavy (non-hydrogen) atoms. The number of aromatic nitrogens is 4. The highest BCUT2D eigenvalue weighted by Gasteiger charge is 2.26. The van der Waals surface area contributed by atoms with Crippen LogP contribution in [0.5, 0.6) is 5.75 Å². The number of hydrogen-bond donors (Lipinski definition) is 0. The predicted molar refractivity (Wildman–Crippen MR) is 169 cm³/mol. The maximum atomic E-state index is 5.47. The molecule has 2 aromatic heterocycles. The van der Waals surface area contributed by atoms with Crippen molar-refractivity contribution in [3.05, 3.63) is 152 Å². The molecular weight excluding hydrogens is 516 g/mol. The molecule has 0 aliphatic carbocycles. The molecular formula is C37H28N4O. The lowest BCUT2D eigenvalue weighted by Gasteiger charge is -2.18. The number of ether oxygens (including phenoxy) is 1. The monoisotopic (exact) mass is 544 g/mol. The Morgan fingerprint density at radius 1 is 0.476 bits per heavy atom. The normalized spacial score (nSPS) is 11.0. The number of benzene rings is 5. The highest BCUT2D eigenvalue weighted by Crippen LogP contribution is 2.39. The maximum absolute atomic E-state index is 5.47. The largest absolute Gasteiger partial charge is 0.497 e. The molecule has 0 spiro atoms. The van der Waals surface area contributed by atoms with Crippen molar-refractivity contribution >= 4 is 0 Å². The van der Waals surface area contributed by atoms with Crippen LogP contribution < -0.4 is 4.74 Å². The van der Waals surface area contributed by atoms with Gasteiger partial charge in [0.1, 0.15) is 12.1 Å². The van der Waals surface area contributed by atoms with Crippen LogP contribution in [0.15, 0.2) is 152 Å². The van der Waals surface area contributed by atoms with Crippen molar-refractivity contribution in [3.8, 4) is 62.2 Å². The minimum atomic E-state index is 0.794. The van der Waals surface area contributed by atoms with Crippen LogP contribution in [0.25, 0.3) is 56.4 Å². The van der Waals surface area contributed by atoms with Crippen molar-refractivity contribution in [2.75, 3.05) is 7.11 Å². The Bertz CT molecular complexity index is 1930. The van der Waals surface area contributed by atoms with E-state index in [0.29, 0.717) is 0 Å². The van der Waals surface area contributed by atoms with E-state index in [0.717, 1.165) is 62.2 Å². The molecule has 5 aromatic carbocycles. The summed E-state index contributed by atoms with van der Waals surface area (Å²) in [5.41, 5.74) is 8.90. The molecule has 0 atom stereocenters. The standard InChI is InChI=1S/C37H28N4O/c1-42-32-24-22-31(23-25-32)37-39-34(28-16-8-3-9-17-28)36(30-20-12-5-13-21-30)41(37)40-26-38-33(27-14-6-2-7-15-27)35(40)29-18-10-4-11-19-29/h2-26H,1H3. The van der Waals surface area contributed by atoms with Crippen LogP contribution in [0.4, 0.5) is 0 Å². The van der Waals surface area contributed by atoms with Crippen LogP contribution in [0.2, 0.25) is 0 Å². The van der Waals surface area contributed by atoms with Crippen LogP contribution in [-0.4, -0.2) is 26.4 Å². The van der Waals surface area contributed by atoms with Crippen molar-refractivity contribution in [2.24, 2.45) is 0 Å². The van der Waals surface area contributed by atoms with Crippen LogP contribution in [0.1, 0.15) is 0 Å². The van der Waals surface area contributed by atoms with Crippen molar-refractivity contribution in [3.63, 3.8) is 0 Å². The van der Waals surface area contributed by atoms with Gasteiger partial charge in [-0.3, -0.25) is 0 Å². The van der Waals surface area contributed by atoms with Gasteiger partial charge in [0.05, 0.1) is 29.9 Å². The number of methoxy groups -OCH3 is 1. The molecule has 0 unspecified atom stereocenters. The van der Waals surface area contributed by atoms with Gasteiger partial charge >= 0.3 is 0 Å². The Balaban J connectivity index is 1.60. The summed E-state index contributed by atoms with van der Waals surface area (Å²) in [6.45, 7) is 0. The van der Waals surface area contributed by atoms with Crippen LogP contribution >= 0.6 is 0 Å². The fourth-order valence-corrected chi connectivity index (χ4v) is 5.37. The molecule has 5 nitrogen and oxygen atoms in total. The highest BCUT2D eigenvalue weighted by molar-refractivity contribution is 5.84. The molecule has 7 aromatic rings. The van der Waals surface area contributed by atoms with Gasteiger partial charge < -0.3 is 4.74 Å². The molecule has 0 bridgehead atoms. The second kappa shape index (κ2) is 11.1. The zero-order valence-electron chi connectivity index (χ0n) is 23.1. The molecule has 2 heterocycles. The smallest absolute Gasteiger partial charge is 0.160 e. The topological polar surface area (TPSA) is 44.9 Å². The molecule has 0 aliphatic rings. The highest BCUT2D eigenvalue weighted by atomic mass is 16.5. The Morgan fingerprint density at radius 2 is 0.952 bits per heavy atom. The number of rotatable bonds is 7. The van der Waals surface area contributed by atoms with Gasteiger partial charge in [-0.2, -0.15) is 0 Å². The summed E-state index contributed by atoms with van der Waals surface area (Å²) < 4.78 is 9.81. The SMILES string of the molecule is COc1ccc(-c2nc(-c3ccccc3)c(-c3ccccc3)n2-n2cnc(-c3ccccc3)c2-c2ccccc2)cc1. The van der Waals surface area contributed by atoms with E-state index in [1.54, 1.807) is 7.11 Å². The molecule has 202 valence electrons. The Kier molecular flexibility index (Phi) is 6.66. The third-order valence-corrected chi connectivity index (χ3v) is 7.36. The first kappa shape index (κ1) is 25.3. The van der Waals surface area contributed by atoms with Gasteiger partial charge in [-0.05, 0) is 24.3 Å². The van der Waals surface area contributed by atoms with E-state index in [1.807, 2.05) is 54.9 Å². The summed E-state index contributed by atoms with van der Waals surface area (Å²) in [6, 6.07) is 49.6. The fourth-order valence-electron chi connectivity index (χ4n) is 5.37. The Hall–Kier alpha value is -5.68. The van der Waals surface area contributed by atoms with Gasteiger partial charge in [-0.1, -0.05) is 121 Å². The lowest BCUT2D eigenvalue weighted by molar-refractivity contribution is 0.415. The van der Waals surface area contributed by atoms with E-state index < -0.39 is 0 Å². The minimum absolute atomic E-state index is 0.794. The van der Waals surface area contributed by atoms with Gasteiger partial charge in [0.2, 0.25) is 0 Å². The van der Waals surface area contributed by atoms with Gasteiger partial charge in [0, 0.05) is 27.8 Å². The number of nitrogens with zero attached hydrogens (tertiary/aromatic N) is 4. The van der Waals surface area contributed by atoms with Gasteiger partial charge in [-0.15, -0.1) is 0 Å². The van der Waals surface area contributed by atoms with Crippen molar-refractivity contribution in [1.82, 2.24) is 19.3 Å². The fraction of sp³-hybridized carbons (Fsp3) is 0.0270. The second-order valence-electron chi connectivity index (χ2n) is 9.92. The van der Waals surface area contributed by atoms with Crippen LogP contribution in [0, 0.1) is 0 Å². The average molecular weight is 545 g/mol. The summed E-state index contributed by atoms with van der Waals surface area (Å²) >= 11 is 0. The van der Waals surface area contributed by atoms with E-state index in [-0.39, 0.29) is 0 Å². The van der Waals surface area contributed by atoms with Crippen molar-refractivity contribution in [1.29, 1.82) is 0 Å². The van der Waals surface area contributed by atoms with E-state index >= 15 is 0 Å². The molecule has 0 fully saturated rings. The lowest BCUT2D eigenvalue weighted by Crippen LogP contribution is -2.13. The molecule has 0 aliphatic heterocycles. The van der Waals surface area contributed by atoms with E-state index in [2.05, 4.69) is 106 Å². The predicted octanol–water partition coefficient (Wildman–Crippen LogP) is 8.73. The van der Waals surface area contributed by atoms with Crippen LogP contribution in [0.3, 0.4) is 0 Å². The molecule has 0 saturated heterocycles. The van der Waals surface area contributed by atoms with E-state index in [1.165, 1.54) is 0 Å². The summed E-state index contributed by atoms with van der Waals surface area (Å²) in [7, 11) is 1.68. The Labute approximate surface area is 245 Å². The van der Waals surface area contributed by atoms with Crippen LogP contribution in [-0.2, 0) is 0 Å². The molecule has 0 saturated carbocycles. The average Bonchev–Trinajstić information content (AvgIpc) is 3.69. The van der Waals surface area contributed by atoms with Gasteiger partial charge in [-0.25, -0.2) is 19.3 Å². The second-order valence-corrected chi connectivity index (χ2v) is 9.92. The molecule has 0 amide bonds. The quantitative estimate of drug-likeness (QED) is 0.202. The van der Waals surface area contributed by atoms with E-state index in [9.17, 15) is 0 Å². The van der Waals surface area contributed by atoms with Crippen molar-refractivity contribution in [2.45, 2.75) is 0 Å². The summed E-state index contributed by atoms with van der Waals surface area (Å²) in [5.74, 6) is 1.59. The lowest BCUT2D eigenvalue weighted by atomic mass is 10.0. The first-order valence-electron chi connectivity index (χ1n) is 13.9. The summed E-state index contributed by atoms with van der Waals surface area (Å²) in [4.78, 5) is 10.4. The zero-order valence-corrected chi connectivity index (χ0v) is 23.1. The van der Waals surface area contributed by atoms with Gasteiger partial charge in [0.25, 0.3) is 0 Å². The minimum Gasteiger partial charge on any atom is -0.497 e. The Morgan fingerprint density at radius 3 is 1.48 bits per heavy atom. The summed E-state index contributed by atoms with van der Waals surface area (Å²) in [5, 5.41) is 0. The molecule has 5 heteroatoms. The van der Waals surface area contributed by atoms with Crippen molar-refractivity contribution < 1.29 is 4.74 Å². The molecule has 0 N–H and O–H groups in total. The van der Waals surface area contributed by atoms with Gasteiger partial charge in [0.15, 0.2) is 5.82 Å². The number of imidazole rings is 2. The third-order valence-electron chi connectivity index (χ3n) is 7.36. The van der Waals surface area contributed by atoms with E-state index in [4.69, 9.17) is 14.7 Å². The molecule has 7 rings (SSSR count). The first-order chi connectivity index (χ1) is 20.8. The number of hydrogen-bond acceptors (Lipinski definition) is 3. The zero-order chi connectivity index (χ0) is 28.3. The third kappa shape index (κ3) is 4.57. The summed E-state index contributed by atoms with van der Waals surface area (Å²) in [6.07, 6.45) is 1.90. The molecule has 0 radical (unpaired) electrons. The maximum Gasteiger partial charge on any atom is 0.160 e. The first-order valence-corrected chi connectivity index (χ1v) is 13.9.